The quantitative estimate of drug-likeness (QED) is 0.711. The topological polar surface area (TPSA) is 69.0 Å². The third-order valence-corrected chi connectivity index (χ3v) is 5.18. The number of hydrogen-bond donors (Lipinski definition) is 1. The molecule has 0 aliphatic rings. The Morgan fingerprint density at radius 1 is 1.35 bits per heavy atom. The molecule has 0 radical (unpaired) electrons. The molecular formula is C19H24N4O2S. The third kappa shape index (κ3) is 3.88. The Morgan fingerprint density at radius 3 is 2.81 bits per heavy atom. The first kappa shape index (κ1) is 18.4. The first-order valence-electron chi connectivity index (χ1n) is 8.64. The fourth-order valence-electron chi connectivity index (χ4n) is 2.92. The molecule has 3 rings (SSSR count). The van der Waals surface area contributed by atoms with Crippen molar-refractivity contribution in [3.8, 4) is 5.75 Å². The van der Waals surface area contributed by atoms with Gasteiger partial charge in [0.2, 0.25) is 5.91 Å². The Morgan fingerprint density at radius 2 is 2.12 bits per heavy atom. The first-order chi connectivity index (χ1) is 12.4. The van der Waals surface area contributed by atoms with E-state index in [0.717, 1.165) is 39.5 Å². The van der Waals surface area contributed by atoms with Gasteiger partial charge in [0, 0.05) is 17.8 Å². The van der Waals surface area contributed by atoms with E-state index in [0.29, 0.717) is 17.5 Å². The van der Waals surface area contributed by atoms with E-state index in [-0.39, 0.29) is 5.91 Å². The minimum Gasteiger partial charge on any atom is -0.497 e. The summed E-state index contributed by atoms with van der Waals surface area (Å²) >= 11 is 1.44. The standard InChI is InChI=1S/C19H24N4O2S/c1-11(2)10-23-13(4)15(12(3)22-23)9-18(24)21-19-20-16-7-6-14(25-5)8-17(16)26-19/h6-8,11H,9-10H2,1-5H3,(H,20,21,24). The summed E-state index contributed by atoms with van der Waals surface area (Å²) in [5, 5.41) is 8.09. The van der Waals surface area contributed by atoms with Crippen LogP contribution in [-0.4, -0.2) is 27.8 Å². The number of methoxy groups -OCH3 is 1. The summed E-state index contributed by atoms with van der Waals surface area (Å²) in [5.41, 5.74) is 3.81. The number of hydrogen-bond acceptors (Lipinski definition) is 5. The fourth-order valence-corrected chi connectivity index (χ4v) is 3.83. The number of nitrogens with one attached hydrogen (secondary N) is 1. The lowest BCUT2D eigenvalue weighted by atomic mass is 10.1. The molecule has 0 fully saturated rings. The van der Waals surface area contributed by atoms with E-state index in [1.165, 1.54) is 11.3 Å². The highest BCUT2D eigenvalue weighted by Crippen LogP contribution is 2.29. The number of carbonyl (C=O) groups is 1. The summed E-state index contributed by atoms with van der Waals surface area (Å²) in [5.74, 6) is 1.21. The van der Waals surface area contributed by atoms with Crippen molar-refractivity contribution in [3.63, 3.8) is 0 Å². The van der Waals surface area contributed by atoms with Gasteiger partial charge in [-0.2, -0.15) is 5.10 Å². The summed E-state index contributed by atoms with van der Waals surface area (Å²) in [4.78, 5) is 17.0. The lowest BCUT2D eigenvalue weighted by Crippen LogP contribution is -2.15. The zero-order chi connectivity index (χ0) is 18.8. The molecule has 0 saturated carbocycles. The van der Waals surface area contributed by atoms with Crippen LogP contribution in [0.15, 0.2) is 18.2 Å². The Balaban J connectivity index is 1.74. The molecule has 2 aromatic heterocycles. The van der Waals surface area contributed by atoms with Crippen LogP contribution in [0.1, 0.15) is 30.8 Å². The number of rotatable bonds is 6. The zero-order valence-electron chi connectivity index (χ0n) is 15.8. The molecule has 0 bridgehead atoms. The van der Waals surface area contributed by atoms with Crippen LogP contribution in [0.4, 0.5) is 5.13 Å². The molecular weight excluding hydrogens is 348 g/mol. The van der Waals surface area contributed by atoms with Crippen LogP contribution in [0.3, 0.4) is 0 Å². The number of anilines is 1. The molecule has 1 N–H and O–H groups in total. The number of benzene rings is 1. The van der Waals surface area contributed by atoms with Crippen molar-refractivity contribution in [3.05, 3.63) is 35.2 Å². The molecule has 0 unspecified atom stereocenters. The van der Waals surface area contributed by atoms with E-state index in [2.05, 4.69) is 29.2 Å². The monoisotopic (exact) mass is 372 g/mol. The van der Waals surface area contributed by atoms with Gasteiger partial charge in [0.15, 0.2) is 5.13 Å². The molecule has 6 nitrogen and oxygen atoms in total. The van der Waals surface area contributed by atoms with Crippen LogP contribution >= 0.6 is 11.3 Å². The number of aryl methyl sites for hydroxylation is 1. The largest absolute Gasteiger partial charge is 0.497 e. The van der Waals surface area contributed by atoms with Crippen LogP contribution in [0.5, 0.6) is 5.75 Å². The lowest BCUT2D eigenvalue weighted by molar-refractivity contribution is -0.115. The van der Waals surface area contributed by atoms with Gasteiger partial charge in [0.05, 0.1) is 29.4 Å². The molecule has 3 aromatic rings. The number of aromatic nitrogens is 3. The molecule has 1 aromatic carbocycles. The molecule has 1 amide bonds. The zero-order valence-corrected chi connectivity index (χ0v) is 16.6. The van der Waals surface area contributed by atoms with Crippen LogP contribution in [0.2, 0.25) is 0 Å². The van der Waals surface area contributed by atoms with Gasteiger partial charge in [-0.3, -0.25) is 9.48 Å². The van der Waals surface area contributed by atoms with E-state index in [9.17, 15) is 4.79 Å². The first-order valence-corrected chi connectivity index (χ1v) is 9.46. The van der Waals surface area contributed by atoms with Crippen LogP contribution < -0.4 is 10.1 Å². The van der Waals surface area contributed by atoms with E-state index >= 15 is 0 Å². The van der Waals surface area contributed by atoms with Crippen molar-refractivity contribution in [1.29, 1.82) is 0 Å². The van der Waals surface area contributed by atoms with E-state index in [1.54, 1.807) is 7.11 Å². The van der Waals surface area contributed by atoms with Crippen molar-refractivity contribution < 1.29 is 9.53 Å². The van der Waals surface area contributed by atoms with Crippen molar-refractivity contribution in [2.75, 3.05) is 12.4 Å². The van der Waals surface area contributed by atoms with Gasteiger partial charge in [-0.25, -0.2) is 4.98 Å². The smallest absolute Gasteiger partial charge is 0.230 e. The number of fused-ring (bicyclic) bond motifs is 1. The van der Waals surface area contributed by atoms with Gasteiger partial charge in [-0.15, -0.1) is 0 Å². The van der Waals surface area contributed by atoms with Gasteiger partial charge < -0.3 is 10.1 Å². The van der Waals surface area contributed by atoms with Crippen molar-refractivity contribution in [2.24, 2.45) is 5.92 Å². The van der Waals surface area contributed by atoms with Gasteiger partial charge in [0.25, 0.3) is 0 Å². The lowest BCUT2D eigenvalue weighted by Gasteiger charge is -2.08. The molecule has 0 atom stereocenters. The Hall–Kier alpha value is -2.41. The number of carbonyl (C=O) groups excluding carboxylic acids is 1. The summed E-state index contributed by atoms with van der Waals surface area (Å²) < 4.78 is 8.21. The van der Waals surface area contributed by atoms with E-state index in [4.69, 9.17) is 4.74 Å². The highest BCUT2D eigenvalue weighted by molar-refractivity contribution is 7.22. The summed E-state index contributed by atoms with van der Waals surface area (Å²) in [6.45, 7) is 9.15. The van der Waals surface area contributed by atoms with E-state index < -0.39 is 0 Å². The molecule has 7 heteroatoms. The van der Waals surface area contributed by atoms with Crippen LogP contribution in [-0.2, 0) is 17.8 Å². The molecule has 2 heterocycles. The Bertz CT molecular complexity index is 943. The number of nitrogens with zero attached hydrogens (tertiary/aromatic N) is 3. The molecule has 0 spiro atoms. The van der Waals surface area contributed by atoms with Crippen molar-refractivity contribution >= 4 is 32.6 Å². The molecule has 0 aliphatic heterocycles. The summed E-state index contributed by atoms with van der Waals surface area (Å²) in [7, 11) is 1.63. The Labute approximate surface area is 157 Å². The molecule has 0 aliphatic carbocycles. The molecule has 0 saturated heterocycles. The van der Waals surface area contributed by atoms with Gasteiger partial charge >= 0.3 is 0 Å². The number of thiazole rings is 1. The minimum absolute atomic E-state index is 0.0775. The average molecular weight is 372 g/mol. The van der Waals surface area contributed by atoms with E-state index in [1.807, 2.05) is 36.7 Å². The predicted molar refractivity (Wildman–Crippen MR) is 105 cm³/mol. The summed E-state index contributed by atoms with van der Waals surface area (Å²) in [6.07, 6.45) is 0.301. The maximum Gasteiger partial charge on any atom is 0.230 e. The molecule has 138 valence electrons. The normalized spacial score (nSPS) is 11.3. The predicted octanol–water partition coefficient (Wildman–Crippen LogP) is 3.96. The highest BCUT2D eigenvalue weighted by Gasteiger charge is 2.16. The Kier molecular flexibility index (Phi) is 5.27. The highest BCUT2D eigenvalue weighted by atomic mass is 32.1. The second kappa shape index (κ2) is 7.45. The average Bonchev–Trinajstić information content (AvgIpc) is 3.09. The maximum atomic E-state index is 12.5. The maximum absolute atomic E-state index is 12.5. The van der Waals surface area contributed by atoms with Gasteiger partial charge in [-0.05, 0) is 38.0 Å². The molecule has 26 heavy (non-hydrogen) atoms. The number of ether oxygens (including phenoxy) is 1. The minimum atomic E-state index is -0.0775. The number of amides is 1. The summed E-state index contributed by atoms with van der Waals surface area (Å²) in [6, 6.07) is 5.68. The van der Waals surface area contributed by atoms with Gasteiger partial charge in [0.1, 0.15) is 5.75 Å². The van der Waals surface area contributed by atoms with Crippen LogP contribution in [0.25, 0.3) is 10.2 Å². The fraction of sp³-hybridized carbons (Fsp3) is 0.421. The second-order valence-corrected chi connectivity index (χ2v) is 7.83. The van der Waals surface area contributed by atoms with Crippen LogP contribution in [0, 0.1) is 19.8 Å². The SMILES string of the molecule is COc1ccc2nc(NC(=O)Cc3c(C)nn(CC(C)C)c3C)sc2c1. The third-order valence-electron chi connectivity index (χ3n) is 4.25. The van der Waals surface area contributed by atoms with Crippen molar-refractivity contribution in [2.45, 2.75) is 40.7 Å². The van der Waals surface area contributed by atoms with Crippen molar-refractivity contribution in [1.82, 2.24) is 14.8 Å². The van der Waals surface area contributed by atoms with Gasteiger partial charge in [-0.1, -0.05) is 25.2 Å². The second-order valence-electron chi connectivity index (χ2n) is 6.80.